The van der Waals surface area contributed by atoms with Gasteiger partial charge >= 0.3 is 0 Å². The number of benzene rings is 3. The summed E-state index contributed by atoms with van der Waals surface area (Å²) in [6.45, 7) is 0. The summed E-state index contributed by atoms with van der Waals surface area (Å²) in [5.74, 6) is -0.392. The van der Waals surface area contributed by atoms with E-state index in [0.717, 1.165) is 18.4 Å². The first-order chi connectivity index (χ1) is 20.9. The van der Waals surface area contributed by atoms with E-state index in [1.165, 1.54) is 18.3 Å². The van der Waals surface area contributed by atoms with Crippen LogP contribution in [0.1, 0.15) is 60.2 Å². The predicted molar refractivity (Wildman–Crippen MR) is 164 cm³/mol. The molecule has 2 radical (unpaired) electrons. The maximum atomic E-state index is 13.9. The smallest absolute Gasteiger partial charge is 0.123 e. The van der Waals surface area contributed by atoms with Crippen LogP contribution in [-0.2, 0) is 5.44 Å². The van der Waals surface area contributed by atoms with Gasteiger partial charge in [0.25, 0.3) is 0 Å². The molecule has 0 saturated heterocycles. The Hall–Kier alpha value is -4.93. The number of aromatic nitrogens is 4. The molecule has 0 amide bonds. The maximum absolute atomic E-state index is 13.9. The van der Waals surface area contributed by atoms with E-state index < -0.39 is 11.3 Å². The number of nitrogens with one attached hydrogen (secondary N) is 2. The van der Waals surface area contributed by atoms with Crippen molar-refractivity contribution in [3.05, 3.63) is 112 Å². The van der Waals surface area contributed by atoms with E-state index in [4.69, 9.17) is 19.4 Å². The van der Waals surface area contributed by atoms with E-state index in [0.29, 0.717) is 57.0 Å². The Morgan fingerprint density at radius 3 is 2.58 bits per heavy atom. The third-order valence-corrected chi connectivity index (χ3v) is 7.88. The molecule has 43 heavy (non-hydrogen) atoms. The summed E-state index contributed by atoms with van der Waals surface area (Å²) < 4.78 is 15.7. The number of nitriles is 2. The van der Waals surface area contributed by atoms with Gasteiger partial charge in [-0.15, -0.1) is 5.10 Å². The number of fused-ring (bicyclic) bond motifs is 1. The molecule has 1 unspecified atom stereocenters. The molecule has 5 aromatic rings. The number of hydrogen-bond acceptors (Lipinski definition) is 7. The number of rotatable bonds is 10. The molecule has 2 aromatic heterocycles. The summed E-state index contributed by atoms with van der Waals surface area (Å²) in [5, 5.41) is 35.8. The van der Waals surface area contributed by atoms with E-state index in [1.54, 1.807) is 29.1 Å². The minimum Gasteiger partial charge on any atom is -0.378 e. The quantitative estimate of drug-likeness (QED) is 0.174. The van der Waals surface area contributed by atoms with Crippen molar-refractivity contribution < 1.29 is 4.39 Å². The summed E-state index contributed by atoms with van der Waals surface area (Å²) in [6, 6.07) is 23.6. The van der Waals surface area contributed by atoms with Crippen LogP contribution in [0.5, 0.6) is 0 Å². The Bertz CT molecular complexity index is 1860. The predicted octanol–water partition coefficient (Wildman–Crippen LogP) is 6.76. The molecule has 210 valence electrons. The van der Waals surface area contributed by atoms with Gasteiger partial charge in [0.15, 0.2) is 0 Å². The van der Waals surface area contributed by atoms with Gasteiger partial charge in [-0.2, -0.15) is 10.5 Å². The third kappa shape index (κ3) is 5.75. The van der Waals surface area contributed by atoms with Gasteiger partial charge in [0.2, 0.25) is 0 Å². The molecule has 1 aliphatic rings. The van der Waals surface area contributed by atoms with Gasteiger partial charge in [-0.05, 0) is 54.7 Å². The minimum atomic E-state index is -1.40. The highest BCUT2D eigenvalue weighted by Crippen LogP contribution is 2.39. The maximum Gasteiger partial charge on any atom is 0.123 e. The Morgan fingerprint density at radius 2 is 1.88 bits per heavy atom. The molecule has 0 bridgehead atoms. The van der Waals surface area contributed by atoms with Crippen molar-refractivity contribution in [2.45, 2.75) is 43.2 Å². The first kappa shape index (κ1) is 28.2. The lowest BCUT2D eigenvalue weighted by atomic mass is 9.69. The molecule has 2 heterocycles. The van der Waals surface area contributed by atoms with Gasteiger partial charge in [0.05, 0.1) is 51.6 Å². The fourth-order valence-electron chi connectivity index (χ4n) is 5.16. The topological polar surface area (TPSA) is 115 Å². The van der Waals surface area contributed by atoms with Crippen molar-refractivity contribution in [1.29, 1.82) is 10.5 Å². The van der Waals surface area contributed by atoms with E-state index >= 15 is 0 Å². The third-order valence-electron chi connectivity index (χ3n) is 7.59. The number of nitrogens with zero attached hydrogens (tertiary/aromatic N) is 6. The monoisotopic (exact) mass is 586 g/mol. The highest BCUT2D eigenvalue weighted by atomic mass is 35.5. The van der Waals surface area contributed by atoms with Gasteiger partial charge in [-0.3, -0.25) is 4.98 Å². The van der Waals surface area contributed by atoms with E-state index in [2.05, 4.69) is 38.1 Å². The lowest BCUT2D eigenvalue weighted by Gasteiger charge is -2.32. The molecule has 6 rings (SSSR count). The molecular formula is C32H25BClFN8. The summed E-state index contributed by atoms with van der Waals surface area (Å²) in [6.07, 6.45) is 6.17. The van der Waals surface area contributed by atoms with Gasteiger partial charge in [0.1, 0.15) is 25.4 Å². The SMILES string of the molecule is [B]C(Nc1cc(Cl)c2ncc(C#N)c(N[C@H](CCC#N)c3ccccc3)c2c1)(c1ccc(F)cc1)c1cn(C2CC2)nn1. The number of halogens is 2. The minimum absolute atomic E-state index is 0.251. The molecule has 1 saturated carbocycles. The van der Waals surface area contributed by atoms with Crippen LogP contribution < -0.4 is 10.6 Å². The molecule has 0 aliphatic heterocycles. The standard InChI is InChI=1S/C32H25BClFN8/c33-32(22-8-10-23(35)11-9-22,29-19-43(42-41-29)25-12-13-25)40-24-15-26-30(21(17-37)18-38-31(26)27(34)16-24)39-28(7-4-14-36)20-5-2-1-3-6-20/h1-3,5-6,8-11,15-16,18-19,25,28,40H,4,7,12-13H2,(H,38,39)/t28-,32?/m1/s1. The van der Waals surface area contributed by atoms with Crippen LogP contribution in [0.2, 0.25) is 5.02 Å². The summed E-state index contributed by atoms with van der Waals surface area (Å²) >= 11 is 6.78. The van der Waals surface area contributed by atoms with Crippen LogP contribution >= 0.6 is 11.6 Å². The van der Waals surface area contributed by atoms with Crippen LogP contribution in [0.25, 0.3) is 10.9 Å². The number of pyridine rings is 1. The first-order valence-corrected chi connectivity index (χ1v) is 14.2. The highest BCUT2D eigenvalue weighted by Gasteiger charge is 2.34. The van der Waals surface area contributed by atoms with Crippen LogP contribution in [0, 0.1) is 28.5 Å². The molecule has 0 spiro atoms. The average molecular weight is 587 g/mol. The van der Waals surface area contributed by atoms with Crippen LogP contribution in [0.3, 0.4) is 0 Å². The fraction of sp³-hybridized carbons (Fsp3) is 0.219. The van der Waals surface area contributed by atoms with Gasteiger partial charge in [0, 0.05) is 23.7 Å². The van der Waals surface area contributed by atoms with Gasteiger partial charge in [-0.25, -0.2) is 9.07 Å². The van der Waals surface area contributed by atoms with Crippen molar-refractivity contribution in [1.82, 2.24) is 20.0 Å². The Morgan fingerprint density at radius 1 is 1.12 bits per heavy atom. The van der Waals surface area contributed by atoms with Crippen molar-refractivity contribution in [3.63, 3.8) is 0 Å². The van der Waals surface area contributed by atoms with E-state index in [9.17, 15) is 14.9 Å². The van der Waals surface area contributed by atoms with Crippen molar-refractivity contribution >= 4 is 41.7 Å². The Kier molecular flexibility index (Phi) is 7.71. The van der Waals surface area contributed by atoms with Crippen LogP contribution in [0.4, 0.5) is 15.8 Å². The second-order valence-corrected chi connectivity index (χ2v) is 11.0. The molecule has 1 aliphatic carbocycles. The van der Waals surface area contributed by atoms with Crippen molar-refractivity contribution in [3.8, 4) is 12.1 Å². The van der Waals surface area contributed by atoms with E-state index in [1.807, 2.05) is 36.4 Å². The first-order valence-electron chi connectivity index (χ1n) is 13.9. The van der Waals surface area contributed by atoms with E-state index in [-0.39, 0.29) is 12.1 Å². The number of hydrogen-bond donors (Lipinski definition) is 2. The zero-order valence-electron chi connectivity index (χ0n) is 23.0. The largest absolute Gasteiger partial charge is 0.378 e. The molecule has 3 aromatic carbocycles. The summed E-state index contributed by atoms with van der Waals surface area (Å²) in [5.41, 5.74) is 2.47. The molecule has 2 N–H and O–H groups in total. The zero-order chi connectivity index (χ0) is 30.0. The molecule has 11 heteroatoms. The fourth-order valence-corrected chi connectivity index (χ4v) is 5.43. The molecule has 1 fully saturated rings. The zero-order valence-corrected chi connectivity index (χ0v) is 23.8. The van der Waals surface area contributed by atoms with Crippen molar-refractivity contribution in [2.75, 3.05) is 10.6 Å². The van der Waals surface area contributed by atoms with Crippen LogP contribution in [0.15, 0.2) is 79.1 Å². The average Bonchev–Trinajstić information content (AvgIpc) is 3.75. The second kappa shape index (κ2) is 11.8. The van der Waals surface area contributed by atoms with Gasteiger partial charge in [-0.1, -0.05) is 59.3 Å². The molecular weight excluding hydrogens is 562 g/mol. The second-order valence-electron chi connectivity index (χ2n) is 10.6. The Labute approximate surface area is 254 Å². The highest BCUT2D eigenvalue weighted by molar-refractivity contribution is 6.36. The van der Waals surface area contributed by atoms with Crippen molar-refractivity contribution in [2.24, 2.45) is 0 Å². The van der Waals surface area contributed by atoms with Gasteiger partial charge < -0.3 is 10.6 Å². The number of anilines is 2. The summed E-state index contributed by atoms with van der Waals surface area (Å²) in [7, 11) is 7.05. The lowest BCUT2D eigenvalue weighted by Crippen LogP contribution is -2.37. The lowest BCUT2D eigenvalue weighted by molar-refractivity contribution is 0.610. The molecule has 2 atom stereocenters. The van der Waals surface area contributed by atoms with Crippen LogP contribution in [-0.4, -0.2) is 27.8 Å². The Balaban J connectivity index is 1.45. The molecule has 8 nitrogen and oxygen atoms in total. The summed E-state index contributed by atoms with van der Waals surface area (Å²) in [4.78, 5) is 4.47. The normalized spacial score (nSPS) is 14.8.